The summed E-state index contributed by atoms with van der Waals surface area (Å²) in [5.41, 5.74) is 0.571. The van der Waals surface area contributed by atoms with Gasteiger partial charge in [-0.15, -0.1) is 0 Å². The summed E-state index contributed by atoms with van der Waals surface area (Å²) in [6, 6.07) is 3.50. The first-order valence-electron chi connectivity index (χ1n) is 5.24. The van der Waals surface area contributed by atoms with Gasteiger partial charge in [-0.1, -0.05) is 0 Å². The molecule has 1 aromatic heterocycles. The summed E-state index contributed by atoms with van der Waals surface area (Å²) in [7, 11) is 0. The second kappa shape index (κ2) is 5.41. The van der Waals surface area contributed by atoms with E-state index in [1.807, 2.05) is 0 Å². The number of hydrogen-bond donors (Lipinski definition) is 1. The molecule has 1 amide bonds. The van der Waals surface area contributed by atoms with E-state index < -0.39 is 0 Å². The zero-order valence-corrected chi connectivity index (χ0v) is 10.4. The average molecular weight is 285 g/mol. The van der Waals surface area contributed by atoms with Crippen molar-refractivity contribution in [2.75, 3.05) is 19.8 Å². The molecule has 0 radical (unpaired) electrons. The molecule has 0 saturated carbocycles. The normalized spacial score (nSPS) is 19.7. The maximum absolute atomic E-state index is 11.8. The molecule has 5 heteroatoms. The molecule has 0 bridgehead atoms. The predicted molar refractivity (Wildman–Crippen MR) is 63.2 cm³/mol. The van der Waals surface area contributed by atoms with Gasteiger partial charge in [-0.05, 0) is 34.5 Å². The Morgan fingerprint density at radius 2 is 2.56 bits per heavy atom. The molecule has 1 atom stereocenters. The van der Waals surface area contributed by atoms with Crippen LogP contribution >= 0.6 is 15.9 Å². The van der Waals surface area contributed by atoms with Gasteiger partial charge in [-0.25, -0.2) is 4.98 Å². The summed E-state index contributed by atoms with van der Waals surface area (Å²) in [4.78, 5) is 15.8. The lowest BCUT2D eigenvalue weighted by atomic mass is 10.1. The van der Waals surface area contributed by atoms with Crippen LogP contribution in [0.2, 0.25) is 0 Å². The Bertz CT molecular complexity index is 378. The van der Waals surface area contributed by atoms with Crippen LogP contribution in [-0.2, 0) is 4.74 Å². The Morgan fingerprint density at radius 1 is 1.69 bits per heavy atom. The number of rotatable bonds is 3. The van der Waals surface area contributed by atoms with Crippen molar-refractivity contribution in [1.29, 1.82) is 0 Å². The molecule has 1 N–H and O–H groups in total. The Balaban J connectivity index is 1.90. The number of carbonyl (C=O) groups is 1. The third-order valence-electron chi connectivity index (χ3n) is 2.58. The Labute approximate surface area is 103 Å². The van der Waals surface area contributed by atoms with Gasteiger partial charge in [0.25, 0.3) is 5.91 Å². The molecule has 0 spiro atoms. The topological polar surface area (TPSA) is 51.2 Å². The Morgan fingerprint density at radius 3 is 3.25 bits per heavy atom. The second-order valence-corrected chi connectivity index (χ2v) is 4.53. The van der Waals surface area contributed by atoms with Crippen LogP contribution in [0.5, 0.6) is 0 Å². The molecule has 2 heterocycles. The van der Waals surface area contributed by atoms with Gasteiger partial charge in [-0.3, -0.25) is 4.79 Å². The van der Waals surface area contributed by atoms with E-state index in [0.717, 1.165) is 19.6 Å². The van der Waals surface area contributed by atoms with Crippen LogP contribution in [0.4, 0.5) is 0 Å². The maximum atomic E-state index is 11.8. The lowest BCUT2D eigenvalue weighted by Gasteiger charge is -2.09. The molecule has 1 fully saturated rings. The molecule has 2 rings (SSSR count). The molecule has 4 nitrogen and oxygen atoms in total. The van der Waals surface area contributed by atoms with Crippen LogP contribution in [0.3, 0.4) is 0 Å². The predicted octanol–water partition coefficient (Wildman–Crippen LogP) is 1.61. The number of hydrogen-bond acceptors (Lipinski definition) is 3. The monoisotopic (exact) mass is 284 g/mol. The van der Waals surface area contributed by atoms with Crippen molar-refractivity contribution in [3.8, 4) is 0 Å². The number of halogens is 1. The fourth-order valence-corrected chi connectivity index (χ4v) is 2.06. The number of nitrogens with one attached hydrogen (secondary N) is 1. The molecular weight excluding hydrogens is 272 g/mol. The molecule has 1 unspecified atom stereocenters. The third-order valence-corrected chi connectivity index (χ3v) is 3.21. The van der Waals surface area contributed by atoms with E-state index in [-0.39, 0.29) is 5.91 Å². The molecule has 1 saturated heterocycles. The fourth-order valence-electron chi connectivity index (χ4n) is 1.63. The maximum Gasteiger partial charge on any atom is 0.254 e. The van der Waals surface area contributed by atoms with Crippen LogP contribution in [0.15, 0.2) is 22.9 Å². The molecule has 16 heavy (non-hydrogen) atoms. The fraction of sp³-hybridized carbons (Fsp3) is 0.455. The number of carbonyl (C=O) groups excluding carboxylic acids is 1. The number of aromatic nitrogens is 1. The number of amides is 1. The van der Waals surface area contributed by atoms with E-state index in [1.54, 1.807) is 18.3 Å². The summed E-state index contributed by atoms with van der Waals surface area (Å²) in [6.07, 6.45) is 2.67. The number of pyridine rings is 1. The largest absolute Gasteiger partial charge is 0.381 e. The molecule has 0 aromatic carbocycles. The first-order chi connectivity index (χ1) is 7.77. The molecule has 86 valence electrons. The van der Waals surface area contributed by atoms with Crippen molar-refractivity contribution < 1.29 is 9.53 Å². The van der Waals surface area contributed by atoms with Crippen molar-refractivity contribution in [2.24, 2.45) is 5.92 Å². The summed E-state index contributed by atoms with van der Waals surface area (Å²) >= 11 is 3.25. The molecular formula is C11H13BrN2O2. The summed E-state index contributed by atoms with van der Waals surface area (Å²) < 4.78 is 5.82. The van der Waals surface area contributed by atoms with E-state index in [0.29, 0.717) is 22.6 Å². The molecule has 1 aliphatic rings. The zero-order valence-electron chi connectivity index (χ0n) is 8.78. The van der Waals surface area contributed by atoms with E-state index in [2.05, 4.69) is 26.2 Å². The van der Waals surface area contributed by atoms with Gasteiger partial charge >= 0.3 is 0 Å². The highest BCUT2D eigenvalue weighted by Crippen LogP contribution is 2.14. The highest BCUT2D eigenvalue weighted by Gasteiger charge is 2.17. The second-order valence-electron chi connectivity index (χ2n) is 3.78. The van der Waals surface area contributed by atoms with Gasteiger partial charge in [0.15, 0.2) is 0 Å². The van der Waals surface area contributed by atoms with Crippen molar-refractivity contribution in [3.05, 3.63) is 28.5 Å². The molecule has 0 aliphatic carbocycles. The summed E-state index contributed by atoms with van der Waals surface area (Å²) in [5.74, 6) is 0.353. The molecule has 1 aromatic rings. The number of nitrogens with zero attached hydrogens (tertiary/aromatic N) is 1. The zero-order chi connectivity index (χ0) is 11.4. The first kappa shape index (κ1) is 11.5. The van der Waals surface area contributed by atoms with Crippen LogP contribution < -0.4 is 5.32 Å². The van der Waals surface area contributed by atoms with Gasteiger partial charge in [0, 0.05) is 25.3 Å². The van der Waals surface area contributed by atoms with E-state index in [1.165, 1.54) is 0 Å². The first-order valence-corrected chi connectivity index (χ1v) is 6.03. The Hall–Kier alpha value is -0.940. The van der Waals surface area contributed by atoms with Crippen molar-refractivity contribution in [3.63, 3.8) is 0 Å². The van der Waals surface area contributed by atoms with Crippen molar-refractivity contribution >= 4 is 21.8 Å². The van der Waals surface area contributed by atoms with Crippen LogP contribution in [-0.4, -0.2) is 30.6 Å². The minimum Gasteiger partial charge on any atom is -0.381 e. The minimum atomic E-state index is -0.0909. The van der Waals surface area contributed by atoms with Gasteiger partial charge in [0.05, 0.1) is 12.2 Å². The van der Waals surface area contributed by atoms with Gasteiger partial charge < -0.3 is 10.1 Å². The molecule has 1 aliphatic heterocycles. The lowest BCUT2D eigenvalue weighted by Crippen LogP contribution is -2.29. The summed E-state index contributed by atoms with van der Waals surface area (Å²) in [5, 5.41) is 2.89. The van der Waals surface area contributed by atoms with Gasteiger partial charge in [0.2, 0.25) is 0 Å². The van der Waals surface area contributed by atoms with Crippen molar-refractivity contribution in [2.45, 2.75) is 6.42 Å². The average Bonchev–Trinajstić information content (AvgIpc) is 2.79. The third kappa shape index (κ3) is 2.80. The van der Waals surface area contributed by atoms with E-state index >= 15 is 0 Å². The lowest BCUT2D eigenvalue weighted by molar-refractivity contribution is 0.0944. The van der Waals surface area contributed by atoms with Crippen LogP contribution in [0.1, 0.15) is 16.8 Å². The highest BCUT2D eigenvalue weighted by molar-refractivity contribution is 9.10. The standard InChI is InChI=1S/C11H13BrN2O2/c12-10-9(2-1-4-13-10)11(15)14-6-8-3-5-16-7-8/h1-2,4,8H,3,5-7H2,(H,14,15). The van der Waals surface area contributed by atoms with Gasteiger partial charge in [0.1, 0.15) is 4.60 Å². The minimum absolute atomic E-state index is 0.0909. The highest BCUT2D eigenvalue weighted by atomic mass is 79.9. The van der Waals surface area contributed by atoms with Crippen molar-refractivity contribution in [1.82, 2.24) is 10.3 Å². The van der Waals surface area contributed by atoms with E-state index in [4.69, 9.17) is 4.74 Å². The quantitative estimate of drug-likeness (QED) is 0.858. The smallest absolute Gasteiger partial charge is 0.254 e. The number of ether oxygens (including phenoxy) is 1. The SMILES string of the molecule is O=C(NCC1CCOC1)c1cccnc1Br. The van der Waals surface area contributed by atoms with E-state index in [9.17, 15) is 4.79 Å². The Kier molecular flexibility index (Phi) is 3.90. The van der Waals surface area contributed by atoms with Gasteiger partial charge in [-0.2, -0.15) is 0 Å². The van der Waals surface area contributed by atoms with Crippen LogP contribution in [0, 0.1) is 5.92 Å². The van der Waals surface area contributed by atoms with Crippen LogP contribution in [0.25, 0.3) is 0 Å². The summed E-state index contributed by atoms with van der Waals surface area (Å²) in [6.45, 7) is 2.21.